The number of carbonyl (C=O) groups excluding carboxylic acids is 2. The summed E-state index contributed by atoms with van der Waals surface area (Å²) in [6.45, 7) is 11.5. The topological polar surface area (TPSA) is 85.3 Å². The van der Waals surface area contributed by atoms with Crippen LogP contribution in [0.25, 0.3) is 5.57 Å². The predicted molar refractivity (Wildman–Crippen MR) is 137 cm³/mol. The van der Waals surface area contributed by atoms with Crippen LogP contribution in [0.5, 0.6) is 5.75 Å². The van der Waals surface area contributed by atoms with Gasteiger partial charge in [-0.1, -0.05) is 6.08 Å². The second-order valence-electron chi connectivity index (χ2n) is 11.0. The van der Waals surface area contributed by atoms with Crippen molar-refractivity contribution in [2.45, 2.75) is 64.1 Å². The first-order valence-corrected chi connectivity index (χ1v) is 12.6. The SMILES string of the molecule is COc1ccc2c(c1)C(C)=CC(C)(C)N2C(=O)CN1CCC(O)(CN2CCC(NC(C)=O)CC2)C1. The number of hydrogen-bond acceptors (Lipinski definition) is 6. The average molecular weight is 485 g/mol. The van der Waals surface area contributed by atoms with E-state index in [4.69, 9.17) is 4.74 Å². The van der Waals surface area contributed by atoms with Gasteiger partial charge >= 0.3 is 0 Å². The summed E-state index contributed by atoms with van der Waals surface area (Å²) in [5.74, 6) is 0.822. The molecule has 192 valence electrons. The lowest BCUT2D eigenvalue weighted by Crippen LogP contribution is -2.53. The molecule has 1 aromatic carbocycles. The van der Waals surface area contributed by atoms with E-state index < -0.39 is 11.1 Å². The molecule has 2 N–H and O–H groups in total. The summed E-state index contributed by atoms with van der Waals surface area (Å²) in [5.41, 5.74) is 1.78. The first kappa shape index (κ1) is 25.7. The minimum Gasteiger partial charge on any atom is -0.497 e. The number of likely N-dealkylation sites (tertiary alicyclic amines) is 2. The predicted octanol–water partition coefficient (Wildman–Crippen LogP) is 2.26. The van der Waals surface area contributed by atoms with E-state index in [1.807, 2.05) is 23.1 Å². The van der Waals surface area contributed by atoms with Crippen LogP contribution in [0.15, 0.2) is 24.3 Å². The lowest BCUT2D eigenvalue weighted by atomic mass is 9.88. The third-order valence-corrected chi connectivity index (χ3v) is 7.55. The molecule has 0 aromatic heterocycles. The zero-order valence-electron chi connectivity index (χ0n) is 21.8. The second-order valence-corrected chi connectivity index (χ2v) is 11.0. The fourth-order valence-corrected chi connectivity index (χ4v) is 6.00. The molecule has 3 heterocycles. The molecule has 8 heteroatoms. The molecule has 0 radical (unpaired) electrons. The van der Waals surface area contributed by atoms with Crippen molar-refractivity contribution in [1.82, 2.24) is 15.1 Å². The van der Waals surface area contributed by atoms with Crippen molar-refractivity contribution in [2.75, 3.05) is 51.3 Å². The molecule has 8 nitrogen and oxygen atoms in total. The number of aliphatic hydroxyl groups is 1. The first-order valence-electron chi connectivity index (χ1n) is 12.6. The third-order valence-electron chi connectivity index (χ3n) is 7.55. The highest BCUT2D eigenvalue weighted by Crippen LogP contribution is 2.40. The lowest BCUT2D eigenvalue weighted by Gasteiger charge is -2.42. The van der Waals surface area contributed by atoms with Crippen molar-refractivity contribution in [3.63, 3.8) is 0 Å². The average Bonchev–Trinajstić information content (AvgIpc) is 3.13. The first-order chi connectivity index (χ1) is 16.5. The maximum Gasteiger partial charge on any atom is 0.241 e. The zero-order chi connectivity index (χ0) is 25.4. The Labute approximate surface area is 208 Å². The third kappa shape index (κ3) is 5.71. The molecule has 2 fully saturated rings. The van der Waals surface area contributed by atoms with E-state index >= 15 is 0 Å². The van der Waals surface area contributed by atoms with E-state index in [0.29, 0.717) is 26.1 Å². The van der Waals surface area contributed by atoms with Crippen LogP contribution in [0.4, 0.5) is 5.69 Å². The number of piperidine rings is 1. The van der Waals surface area contributed by atoms with Crippen LogP contribution in [0.3, 0.4) is 0 Å². The summed E-state index contributed by atoms with van der Waals surface area (Å²) >= 11 is 0. The van der Waals surface area contributed by atoms with Gasteiger partial charge in [-0.3, -0.25) is 14.5 Å². The lowest BCUT2D eigenvalue weighted by molar-refractivity contribution is -0.121. The van der Waals surface area contributed by atoms with Gasteiger partial charge in [0.25, 0.3) is 0 Å². The van der Waals surface area contributed by atoms with E-state index in [-0.39, 0.29) is 24.4 Å². The van der Waals surface area contributed by atoms with Gasteiger partial charge in [0.15, 0.2) is 0 Å². The van der Waals surface area contributed by atoms with Gasteiger partial charge < -0.3 is 25.0 Å². The van der Waals surface area contributed by atoms with Crippen molar-refractivity contribution in [2.24, 2.45) is 0 Å². The minimum absolute atomic E-state index is 0.0162. The number of rotatable bonds is 6. The number of carbonyl (C=O) groups is 2. The molecule has 3 aliphatic heterocycles. The molecule has 2 saturated heterocycles. The van der Waals surface area contributed by atoms with E-state index in [1.165, 1.54) is 0 Å². The number of nitrogens with zero attached hydrogens (tertiary/aromatic N) is 3. The van der Waals surface area contributed by atoms with Gasteiger partial charge in [-0.2, -0.15) is 0 Å². The molecule has 0 aliphatic carbocycles. The number of methoxy groups -OCH3 is 1. The van der Waals surface area contributed by atoms with Crippen LogP contribution >= 0.6 is 0 Å². The molecule has 1 aromatic rings. The number of fused-ring (bicyclic) bond motifs is 1. The molecular weight excluding hydrogens is 444 g/mol. The molecule has 35 heavy (non-hydrogen) atoms. The largest absolute Gasteiger partial charge is 0.497 e. The fraction of sp³-hybridized carbons (Fsp3) is 0.630. The number of nitrogens with one attached hydrogen (secondary N) is 1. The normalized spacial score (nSPS) is 25.2. The summed E-state index contributed by atoms with van der Waals surface area (Å²) in [4.78, 5) is 31.2. The molecule has 0 bridgehead atoms. The van der Waals surface area contributed by atoms with Gasteiger partial charge in [-0.05, 0) is 63.8 Å². The van der Waals surface area contributed by atoms with Crippen LogP contribution in [0.2, 0.25) is 0 Å². The highest BCUT2D eigenvalue weighted by atomic mass is 16.5. The van der Waals surface area contributed by atoms with Crippen LogP contribution in [0.1, 0.15) is 52.5 Å². The maximum atomic E-state index is 13.6. The number of anilines is 1. The molecule has 0 saturated carbocycles. The van der Waals surface area contributed by atoms with Crippen LogP contribution in [-0.2, 0) is 9.59 Å². The molecular formula is C27H40N4O4. The Morgan fingerprint density at radius 1 is 1.17 bits per heavy atom. The van der Waals surface area contributed by atoms with Crippen LogP contribution in [-0.4, -0.2) is 90.3 Å². The van der Waals surface area contributed by atoms with E-state index in [1.54, 1.807) is 14.0 Å². The fourth-order valence-electron chi connectivity index (χ4n) is 6.00. The number of benzene rings is 1. The Hall–Kier alpha value is -2.42. The van der Waals surface area contributed by atoms with Gasteiger partial charge in [0.2, 0.25) is 11.8 Å². The van der Waals surface area contributed by atoms with Crippen molar-refractivity contribution in [3.8, 4) is 5.75 Å². The van der Waals surface area contributed by atoms with E-state index in [2.05, 4.69) is 42.0 Å². The smallest absolute Gasteiger partial charge is 0.241 e. The molecule has 0 spiro atoms. The summed E-state index contributed by atoms with van der Waals surface area (Å²) in [6, 6.07) is 6.08. The number of ether oxygens (including phenoxy) is 1. The van der Waals surface area contributed by atoms with Gasteiger partial charge in [0, 0.05) is 51.3 Å². The summed E-state index contributed by atoms with van der Waals surface area (Å²) in [7, 11) is 1.65. The van der Waals surface area contributed by atoms with Crippen LogP contribution in [0, 0.1) is 0 Å². The quantitative estimate of drug-likeness (QED) is 0.644. The molecule has 1 unspecified atom stereocenters. The molecule has 4 rings (SSSR count). The summed E-state index contributed by atoms with van der Waals surface area (Å²) in [6.07, 6.45) is 4.59. The Kier molecular flexibility index (Phi) is 7.27. The van der Waals surface area contributed by atoms with Gasteiger partial charge in [0.1, 0.15) is 5.75 Å². The number of β-amino-alcohol motifs (C(OH)–C–C–N with tert-alkyl or cyclic N) is 1. The van der Waals surface area contributed by atoms with E-state index in [0.717, 1.165) is 48.5 Å². The summed E-state index contributed by atoms with van der Waals surface area (Å²) < 4.78 is 5.40. The van der Waals surface area contributed by atoms with Gasteiger partial charge in [-0.15, -0.1) is 0 Å². The standard InChI is InChI=1S/C27H40N4O4/c1-19-15-26(3,4)31(24-7-6-22(35-5)14-23(19)24)25(33)16-30-13-10-27(34,18-30)17-29-11-8-21(9-12-29)28-20(2)32/h6-7,14-15,21,34H,8-13,16-18H2,1-5H3,(H,28,32). The monoisotopic (exact) mass is 484 g/mol. The zero-order valence-corrected chi connectivity index (χ0v) is 21.8. The molecule has 2 amide bonds. The maximum absolute atomic E-state index is 13.6. The highest BCUT2D eigenvalue weighted by Gasteiger charge is 2.41. The Morgan fingerprint density at radius 2 is 1.89 bits per heavy atom. The number of hydrogen-bond donors (Lipinski definition) is 2. The van der Waals surface area contributed by atoms with Crippen LogP contribution < -0.4 is 15.0 Å². The Bertz CT molecular complexity index is 999. The highest BCUT2D eigenvalue weighted by molar-refractivity contribution is 6.01. The van der Waals surface area contributed by atoms with Crippen molar-refractivity contribution in [3.05, 3.63) is 29.8 Å². The van der Waals surface area contributed by atoms with Gasteiger partial charge in [0.05, 0.1) is 30.5 Å². The Balaban J connectivity index is 1.38. The molecule has 3 aliphatic rings. The molecule has 1 atom stereocenters. The number of allylic oxidation sites excluding steroid dienone is 1. The Morgan fingerprint density at radius 3 is 2.54 bits per heavy atom. The minimum atomic E-state index is -0.819. The second kappa shape index (κ2) is 9.91. The summed E-state index contributed by atoms with van der Waals surface area (Å²) in [5, 5.41) is 14.3. The van der Waals surface area contributed by atoms with Gasteiger partial charge in [-0.25, -0.2) is 0 Å². The van der Waals surface area contributed by atoms with Crippen molar-refractivity contribution < 1.29 is 19.4 Å². The van der Waals surface area contributed by atoms with E-state index in [9.17, 15) is 14.7 Å². The van der Waals surface area contributed by atoms with Crippen molar-refractivity contribution in [1.29, 1.82) is 0 Å². The number of amides is 2. The van der Waals surface area contributed by atoms with Crippen molar-refractivity contribution >= 4 is 23.1 Å².